The minimum absolute atomic E-state index is 0.106. The van der Waals surface area contributed by atoms with Crippen molar-refractivity contribution in [3.8, 4) is 0 Å². The molecule has 9 heteroatoms. The Morgan fingerprint density at radius 2 is 1.80 bits per heavy atom. The lowest BCUT2D eigenvalue weighted by Gasteiger charge is -2.16. The number of halogens is 1. The quantitative estimate of drug-likeness (QED) is 0.783. The molecule has 0 unspecified atom stereocenters. The maximum Gasteiger partial charge on any atom is 0.243 e. The average Bonchev–Trinajstić information content (AvgIpc) is 2.93. The van der Waals surface area contributed by atoms with Gasteiger partial charge in [0.25, 0.3) is 0 Å². The molecule has 0 bridgehead atoms. The smallest absolute Gasteiger partial charge is 0.243 e. The number of hydrogen-bond acceptors (Lipinski definition) is 4. The predicted molar refractivity (Wildman–Crippen MR) is 80.8 cm³/mol. The summed E-state index contributed by atoms with van der Waals surface area (Å²) in [6.45, 7) is 1.03. The van der Waals surface area contributed by atoms with Crippen molar-refractivity contribution in [2.75, 3.05) is 22.5 Å². The topological polar surface area (TPSA) is 83.5 Å². The molecule has 112 valence electrons. The largest absolute Gasteiger partial charge is 0.283 e. The molecule has 6 nitrogen and oxygen atoms in total. The second-order valence-electron chi connectivity index (χ2n) is 4.46. The molecule has 1 saturated heterocycles. The molecule has 1 N–H and O–H groups in total. The van der Waals surface area contributed by atoms with Crippen LogP contribution in [0.5, 0.6) is 0 Å². The Bertz CT molecular complexity index is 682. The molecule has 2 rings (SSSR count). The zero-order chi connectivity index (χ0) is 14.8. The molecule has 1 fully saturated rings. The summed E-state index contributed by atoms with van der Waals surface area (Å²) in [5.41, 5.74) is 0.240. The maximum atomic E-state index is 12.4. The molecule has 1 aromatic rings. The molecule has 0 aromatic heterocycles. The summed E-state index contributed by atoms with van der Waals surface area (Å²) in [6, 6.07) is 5.85. The summed E-state index contributed by atoms with van der Waals surface area (Å²) in [5.74, 6) is 0. The van der Waals surface area contributed by atoms with Crippen molar-refractivity contribution in [1.82, 2.24) is 4.31 Å². The van der Waals surface area contributed by atoms with Crippen LogP contribution in [0.1, 0.15) is 12.8 Å². The molecule has 0 aliphatic carbocycles. The van der Waals surface area contributed by atoms with Gasteiger partial charge in [0.05, 0.1) is 4.90 Å². The van der Waals surface area contributed by atoms with Gasteiger partial charge in [-0.2, -0.15) is 4.31 Å². The number of nitrogens with one attached hydrogen (secondary N) is 1. The number of anilines is 1. The number of sulfonamides is 2. The van der Waals surface area contributed by atoms with E-state index >= 15 is 0 Å². The molecule has 1 aromatic carbocycles. The first-order valence-corrected chi connectivity index (χ1v) is 10.2. The van der Waals surface area contributed by atoms with Gasteiger partial charge in [0.1, 0.15) is 4.66 Å². The van der Waals surface area contributed by atoms with E-state index in [1.165, 1.54) is 28.6 Å². The summed E-state index contributed by atoms with van der Waals surface area (Å²) in [5, 5.41) is 0. The lowest BCUT2D eigenvalue weighted by atomic mass is 10.3. The van der Waals surface area contributed by atoms with Crippen molar-refractivity contribution in [2.45, 2.75) is 17.7 Å². The van der Waals surface area contributed by atoms with E-state index in [9.17, 15) is 16.8 Å². The van der Waals surface area contributed by atoms with Gasteiger partial charge >= 0.3 is 0 Å². The Kier molecular flexibility index (Phi) is 4.73. The second-order valence-corrected chi connectivity index (χ2v) is 9.43. The van der Waals surface area contributed by atoms with Crippen LogP contribution in [0.25, 0.3) is 0 Å². The summed E-state index contributed by atoms with van der Waals surface area (Å²) in [6.07, 6.45) is 1.71. The van der Waals surface area contributed by atoms with Gasteiger partial charge in [0, 0.05) is 18.8 Å². The van der Waals surface area contributed by atoms with E-state index in [-0.39, 0.29) is 15.2 Å². The Morgan fingerprint density at radius 1 is 1.15 bits per heavy atom. The Hall–Kier alpha value is -0.640. The van der Waals surface area contributed by atoms with Gasteiger partial charge in [0.15, 0.2) is 0 Å². The van der Waals surface area contributed by atoms with Crippen molar-refractivity contribution in [3.63, 3.8) is 0 Å². The van der Waals surface area contributed by atoms with Crippen molar-refractivity contribution >= 4 is 41.7 Å². The highest BCUT2D eigenvalue weighted by atomic mass is 79.9. The van der Waals surface area contributed by atoms with Gasteiger partial charge in [-0.3, -0.25) is 4.72 Å². The summed E-state index contributed by atoms with van der Waals surface area (Å²) < 4.78 is 51.1. The summed E-state index contributed by atoms with van der Waals surface area (Å²) >= 11 is 2.86. The number of benzene rings is 1. The number of alkyl halides is 1. The van der Waals surface area contributed by atoms with E-state index in [2.05, 4.69) is 20.7 Å². The first-order valence-electron chi connectivity index (χ1n) is 6.02. The lowest BCUT2D eigenvalue weighted by Crippen LogP contribution is -2.27. The second kappa shape index (κ2) is 6.00. The number of rotatable bonds is 5. The van der Waals surface area contributed by atoms with E-state index in [0.717, 1.165) is 12.8 Å². The van der Waals surface area contributed by atoms with E-state index in [4.69, 9.17) is 0 Å². The molecule has 0 saturated carbocycles. The van der Waals surface area contributed by atoms with Crippen molar-refractivity contribution in [3.05, 3.63) is 24.3 Å². The Labute approximate surface area is 127 Å². The minimum Gasteiger partial charge on any atom is -0.283 e. The molecule has 0 atom stereocenters. The highest BCUT2D eigenvalue weighted by Gasteiger charge is 2.27. The SMILES string of the molecule is O=S(=O)(CBr)Nc1cccc(S(=O)(=O)N2CCCC2)c1. The van der Waals surface area contributed by atoms with Crippen LogP contribution in [0.2, 0.25) is 0 Å². The lowest BCUT2D eigenvalue weighted by molar-refractivity contribution is 0.477. The van der Waals surface area contributed by atoms with Crippen LogP contribution in [0.15, 0.2) is 29.2 Å². The molecule has 0 spiro atoms. The average molecular weight is 383 g/mol. The van der Waals surface area contributed by atoms with Crippen LogP contribution in [0.3, 0.4) is 0 Å². The highest BCUT2D eigenvalue weighted by Crippen LogP contribution is 2.23. The van der Waals surface area contributed by atoms with Gasteiger partial charge in [-0.15, -0.1) is 0 Å². The minimum atomic E-state index is -3.54. The van der Waals surface area contributed by atoms with Crippen LogP contribution in [-0.4, -0.2) is 38.9 Å². The monoisotopic (exact) mass is 382 g/mol. The molecular formula is C11H15BrN2O4S2. The fourth-order valence-electron chi connectivity index (χ4n) is 2.00. The van der Waals surface area contributed by atoms with Gasteiger partial charge in [-0.1, -0.05) is 22.0 Å². The van der Waals surface area contributed by atoms with Crippen molar-refractivity contribution in [2.24, 2.45) is 0 Å². The predicted octanol–water partition coefficient (Wildman–Crippen LogP) is 1.57. The van der Waals surface area contributed by atoms with Gasteiger partial charge in [0.2, 0.25) is 20.0 Å². The van der Waals surface area contributed by atoms with Crippen molar-refractivity contribution in [1.29, 1.82) is 0 Å². The molecule has 20 heavy (non-hydrogen) atoms. The molecule has 1 aliphatic rings. The third kappa shape index (κ3) is 3.51. The zero-order valence-electron chi connectivity index (χ0n) is 10.6. The fourth-order valence-corrected chi connectivity index (χ4v) is 4.45. The van der Waals surface area contributed by atoms with E-state index in [1.807, 2.05) is 0 Å². The molecule has 0 radical (unpaired) electrons. The first kappa shape index (κ1) is 15.7. The van der Waals surface area contributed by atoms with E-state index in [1.54, 1.807) is 0 Å². The van der Waals surface area contributed by atoms with Gasteiger partial charge < -0.3 is 0 Å². The van der Waals surface area contributed by atoms with Gasteiger partial charge in [-0.25, -0.2) is 16.8 Å². The molecule has 0 amide bonds. The molecule has 1 heterocycles. The van der Waals surface area contributed by atoms with Crippen LogP contribution in [0.4, 0.5) is 5.69 Å². The number of hydrogen-bond donors (Lipinski definition) is 1. The maximum absolute atomic E-state index is 12.4. The Morgan fingerprint density at radius 3 is 2.40 bits per heavy atom. The van der Waals surface area contributed by atoms with Crippen LogP contribution < -0.4 is 4.72 Å². The molecule has 1 aliphatic heterocycles. The van der Waals surface area contributed by atoms with Gasteiger partial charge in [-0.05, 0) is 31.0 Å². The van der Waals surface area contributed by atoms with E-state index < -0.39 is 20.0 Å². The van der Waals surface area contributed by atoms with E-state index in [0.29, 0.717) is 13.1 Å². The Balaban J connectivity index is 2.30. The van der Waals surface area contributed by atoms with Crippen LogP contribution in [-0.2, 0) is 20.0 Å². The number of nitrogens with zero attached hydrogens (tertiary/aromatic N) is 1. The standard InChI is InChI=1S/C11H15BrN2O4S2/c12-9-19(15,16)13-10-4-3-5-11(8-10)20(17,18)14-6-1-2-7-14/h3-5,8,13H,1-2,6-7,9H2. The normalized spacial score (nSPS) is 17.2. The third-order valence-electron chi connectivity index (χ3n) is 2.95. The van der Waals surface area contributed by atoms with Crippen LogP contribution >= 0.6 is 15.9 Å². The zero-order valence-corrected chi connectivity index (χ0v) is 13.8. The summed E-state index contributed by atoms with van der Waals surface area (Å²) in [7, 11) is -7.03. The highest BCUT2D eigenvalue weighted by molar-refractivity contribution is 9.10. The molecular weight excluding hydrogens is 368 g/mol. The third-order valence-corrected chi connectivity index (χ3v) is 7.49. The van der Waals surface area contributed by atoms with Crippen LogP contribution in [0, 0.1) is 0 Å². The first-order chi connectivity index (χ1) is 9.35. The fraction of sp³-hybridized carbons (Fsp3) is 0.455. The summed E-state index contributed by atoms with van der Waals surface area (Å²) in [4.78, 5) is 0.106. The van der Waals surface area contributed by atoms with Crippen molar-refractivity contribution < 1.29 is 16.8 Å².